The lowest BCUT2D eigenvalue weighted by Gasteiger charge is -2.13. The van der Waals surface area contributed by atoms with Crippen LogP contribution in [0, 0.1) is 0 Å². The van der Waals surface area contributed by atoms with Gasteiger partial charge in [-0.3, -0.25) is 9.36 Å². The first kappa shape index (κ1) is 23.2. The molecule has 0 saturated carbocycles. The molecule has 0 aliphatic rings. The van der Waals surface area contributed by atoms with Gasteiger partial charge in [0.1, 0.15) is 0 Å². The molecule has 5 nitrogen and oxygen atoms in total. The van der Waals surface area contributed by atoms with E-state index in [1.54, 1.807) is 28.8 Å². The third-order valence-electron chi connectivity index (χ3n) is 4.05. The Morgan fingerprint density at radius 1 is 1.16 bits per heavy atom. The Morgan fingerprint density at radius 2 is 1.90 bits per heavy atom. The number of hydrogen-bond donors (Lipinski definition) is 1. The summed E-state index contributed by atoms with van der Waals surface area (Å²) in [6, 6.07) is 9.79. The number of nitrogens with zero attached hydrogens (tertiary/aromatic N) is 3. The van der Waals surface area contributed by atoms with Crippen LogP contribution in [-0.2, 0) is 17.5 Å². The zero-order valence-corrected chi connectivity index (χ0v) is 18.1. The molecular weight excluding hydrogens is 472 g/mol. The van der Waals surface area contributed by atoms with Crippen LogP contribution in [0.15, 0.2) is 60.3 Å². The SMILES string of the molecule is C=CCn1c(SCC(=O)Nc2ccccc2C(F)(F)F)nnc1-c1ccc(Cl)c(Cl)c1. The number of aromatic nitrogens is 3. The quantitative estimate of drug-likeness (QED) is 0.319. The molecule has 3 aromatic rings. The van der Waals surface area contributed by atoms with Crippen LogP contribution in [0.25, 0.3) is 11.4 Å². The van der Waals surface area contributed by atoms with Crippen molar-refractivity contribution in [3.8, 4) is 11.4 Å². The summed E-state index contributed by atoms with van der Waals surface area (Å²) in [5, 5.41) is 11.7. The molecule has 0 unspecified atom stereocenters. The first-order chi connectivity index (χ1) is 14.7. The van der Waals surface area contributed by atoms with E-state index in [2.05, 4.69) is 22.1 Å². The Labute approximate surface area is 190 Å². The number of amides is 1. The molecule has 1 amide bonds. The van der Waals surface area contributed by atoms with Gasteiger partial charge in [-0.1, -0.05) is 53.2 Å². The van der Waals surface area contributed by atoms with Crippen molar-refractivity contribution in [1.29, 1.82) is 0 Å². The predicted octanol–water partition coefficient (Wildman–Crippen LogP) is 6.19. The van der Waals surface area contributed by atoms with Crippen LogP contribution in [-0.4, -0.2) is 26.4 Å². The van der Waals surface area contributed by atoms with Crippen molar-refractivity contribution in [2.24, 2.45) is 0 Å². The normalized spacial score (nSPS) is 11.4. The molecule has 2 aromatic carbocycles. The average molecular weight is 487 g/mol. The van der Waals surface area contributed by atoms with E-state index < -0.39 is 17.6 Å². The van der Waals surface area contributed by atoms with E-state index in [1.807, 2.05) is 0 Å². The second-order valence-corrected chi connectivity index (χ2v) is 7.97. The molecule has 0 fully saturated rings. The number of benzene rings is 2. The van der Waals surface area contributed by atoms with E-state index in [-0.39, 0.29) is 11.4 Å². The Hall–Kier alpha value is -2.49. The van der Waals surface area contributed by atoms with Gasteiger partial charge >= 0.3 is 6.18 Å². The van der Waals surface area contributed by atoms with E-state index in [4.69, 9.17) is 23.2 Å². The van der Waals surface area contributed by atoms with Gasteiger partial charge in [0.15, 0.2) is 11.0 Å². The van der Waals surface area contributed by atoms with Crippen molar-refractivity contribution < 1.29 is 18.0 Å². The predicted molar refractivity (Wildman–Crippen MR) is 116 cm³/mol. The monoisotopic (exact) mass is 486 g/mol. The molecule has 0 radical (unpaired) electrons. The maximum atomic E-state index is 13.1. The summed E-state index contributed by atoms with van der Waals surface area (Å²) in [5.41, 5.74) is -0.547. The minimum Gasteiger partial charge on any atom is -0.325 e. The second-order valence-electron chi connectivity index (χ2n) is 6.21. The lowest BCUT2D eigenvalue weighted by Crippen LogP contribution is -2.18. The number of hydrogen-bond acceptors (Lipinski definition) is 4. The van der Waals surface area contributed by atoms with Crippen molar-refractivity contribution in [3.05, 3.63) is 70.7 Å². The highest BCUT2D eigenvalue weighted by Crippen LogP contribution is 2.35. The van der Waals surface area contributed by atoms with Gasteiger partial charge in [-0.15, -0.1) is 16.8 Å². The Balaban J connectivity index is 1.76. The summed E-state index contributed by atoms with van der Waals surface area (Å²) in [5.74, 6) is -0.280. The molecule has 1 aromatic heterocycles. The van der Waals surface area contributed by atoms with Crippen molar-refractivity contribution in [3.63, 3.8) is 0 Å². The maximum absolute atomic E-state index is 13.1. The number of alkyl halides is 3. The van der Waals surface area contributed by atoms with Gasteiger partial charge in [-0.25, -0.2) is 0 Å². The fourth-order valence-corrected chi connectivity index (χ4v) is 3.74. The summed E-state index contributed by atoms with van der Waals surface area (Å²) < 4.78 is 41.0. The number of nitrogens with one attached hydrogen (secondary N) is 1. The standard InChI is InChI=1S/C20H15Cl2F3N4OS/c1-2-9-29-18(12-7-8-14(21)15(22)10-12)27-28-19(29)31-11-17(30)26-16-6-4-3-5-13(16)20(23,24)25/h2-8,10H,1,9,11H2,(H,26,30). The first-order valence-electron chi connectivity index (χ1n) is 8.79. The molecule has 0 spiro atoms. The second kappa shape index (κ2) is 9.76. The molecule has 1 N–H and O–H groups in total. The number of rotatable bonds is 7. The molecule has 1 heterocycles. The topological polar surface area (TPSA) is 59.8 Å². The number of carbonyl (C=O) groups excluding carboxylic acids is 1. The van der Waals surface area contributed by atoms with Gasteiger partial charge in [-0.05, 0) is 30.3 Å². The van der Waals surface area contributed by atoms with Gasteiger partial charge in [-0.2, -0.15) is 13.2 Å². The van der Waals surface area contributed by atoms with E-state index in [1.165, 1.54) is 18.2 Å². The van der Waals surface area contributed by atoms with E-state index in [0.29, 0.717) is 33.1 Å². The minimum atomic E-state index is -4.57. The Morgan fingerprint density at radius 3 is 2.58 bits per heavy atom. The van der Waals surface area contributed by atoms with Gasteiger partial charge in [0.2, 0.25) is 5.91 Å². The van der Waals surface area contributed by atoms with Crippen molar-refractivity contribution in [2.75, 3.05) is 11.1 Å². The minimum absolute atomic E-state index is 0.164. The smallest absolute Gasteiger partial charge is 0.325 e. The van der Waals surface area contributed by atoms with Crippen LogP contribution in [0.3, 0.4) is 0 Å². The van der Waals surface area contributed by atoms with Gasteiger partial charge in [0, 0.05) is 12.1 Å². The molecule has 0 aliphatic carbocycles. The molecule has 3 rings (SSSR count). The largest absolute Gasteiger partial charge is 0.418 e. The highest BCUT2D eigenvalue weighted by molar-refractivity contribution is 7.99. The fourth-order valence-electron chi connectivity index (χ4n) is 2.69. The van der Waals surface area contributed by atoms with E-state index in [0.717, 1.165) is 17.8 Å². The van der Waals surface area contributed by atoms with Crippen molar-refractivity contribution >= 4 is 46.6 Å². The van der Waals surface area contributed by atoms with Crippen molar-refractivity contribution in [1.82, 2.24) is 14.8 Å². The van der Waals surface area contributed by atoms with Gasteiger partial charge < -0.3 is 5.32 Å². The van der Waals surface area contributed by atoms with Crippen LogP contribution in [0.4, 0.5) is 18.9 Å². The summed E-state index contributed by atoms with van der Waals surface area (Å²) in [6.45, 7) is 4.06. The average Bonchev–Trinajstić information content (AvgIpc) is 3.11. The molecule has 0 saturated heterocycles. The van der Waals surface area contributed by atoms with Crippen LogP contribution in [0.5, 0.6) is 0 Å². The molecular formula is C20H15Cl2F3N4OS. The summed E-state index contributed by atoms with van der Waals surface area (Å²) in [7, 11) is 0. The lowest BCUT2D eigenvalue weighted by molar-refractivity contribution is -0.137. The number of halogens is 5. The van der Waals surface area contributed by atoms with E-state index >= 15 is 0 Å². The zero-order valence-electron chi connectivity index (χ0n) is 15.8. The zero-order chi connectivity index (χ0) is 22.6. The lowest BCUT2D eigenvalue weighted by atomic mass is 10.1. The van der Waals surface area contributed by atoms with Crippen LogP contribution >= 0.6 is 35.0 Å². The van der Waals surface area contributed by atoms with Crippen LogP contribution < -0.4 is 5.32 Å². The molecule has 0 bridgehead atoms. The van der Waals surface area contributed by atoms with Crippen LogP contribution in [0.2, 0.25) is 10.0 Å². The number of allylic oxidation sites excluding steroid dienone is 1. The third-order valence-corrected chi connectivity index (χ3v) is 5.75. The molecule has 31 heavy (non-hydrogen) atoms. The summed E-state index contributed by atoms with van der Waals surface area (Å²) in [4.78, 5) is 12.3. The molecule has 0 atom stereocenters. The van der Waals surface area contributed by atoms with Crippen LogP contribution in [0.1, 0.15) is 5.56 Å². The number of para-hydroxylation sites is 1. The first-order valence-corrected chi connectivity index (χ1v) is 10.5. The maximum Gasteiger partial charge on any atom is 0.418 e. The Bertz CT molecular complexity index is 1120. The molecule has 11 heteroatoms. The highest BCUT2D eigenvalue weighted by Gasteiger charge is 2.33. The van der Waals surface area contributed by atoms with Crippen molar-refractivity contribution in [2.45, 2.75) is 17.9 Å². The third kappa shape index (κ3) is 5.61. The number of carbonyl (C=O) groups is 1. The van der Waals surface area contributed by atoms with Gasteiger partial charge in [0.25, 0.3) is 0 Å². The fraction of sp³-hybridized carbons (Fsp3) is 0.150. The van der Waals surface area contributed by atoms with E-state index in [9.17, 15) is 18.0 Å². The number of thioether (sulfide) groups is 1. The highest BCUT2D eigenvalue weighted by atomic mass is 35.5. The van der Waals surface area contributed by atoms with Gasteiger partial charge in [0.05, 0.1) is 27.0 Å². The molecule has 0 aliphatic heterocycles. The molecule has 162 valence electrons. The Kier molecular flexibility index (Phi) is 7.30. The summed E-state index contributed by atoms with van der Waals surface area (Å²) >= 11 is 13.1. The summed E-state index contributed by atoms with van der Waals surface area (Å²) in [6.07, 6.45) is -2.94. The number of anilines is 1.